The molecule has 2 aliphatic rings. The molecule has 0 radical (unpaired) electrons. The van der Waals surface area contributed by atoms with Crippen molar-refractivity contribution in [1.29, 1.82) is 0 Å². The Morgan fingerprint density at radius 3 is 2.44 bits per heavy atom. The van der Waals surface area contributed by atoms with Crippen LogP contribution in [0.3, 0.4) is 0 Å². The molecule has 1 unspecified atom stereocenters. The second-order valence-electron chi connectivity index (χ2n) is 7.44. The summed E-state index contributed by atoms with van der Waals surface area (Å²) in [5, 5.41) is 4.59. The van der Waals surface area contributed by atoms with Gasteiger partial charge in [-0.1, -0.05) is 18.2 Å². The van der Waals surface area contributed by atoms with Crippen molar-refractivity contribution in [3.05, 3.63) is 58.5 Å². The van der Waals surface area contributed by atoms with Gasteiger partial charge in [0.2, 0.25) is 0 Å². The number of hydrogen-bond acceptors (Lipinski definition) is 4. The molecular formula is C21H25N3O3. The van der Waals surface area contributed by atoms with E-state index in [4.69, 9.17) is 4.74 Å². The number of amides is 1. The Hall–Kier alpha value is -2.63. The van der Waals surface area contributed by atoms with Crippen molar-refractivity contribution in [1.82, 2.24) is 14.7 Å². The Balaban J connectivity index is 1.36. The molecule has 6 nitrogen and oxygen atoms in total. The normalized spacial score (nSPS) is 18.9. The van der Waals surface area contributed by atoms with Gasteiger partial charge in [0.15, 0.2) is 6.10 Å². The van der Waals surface area contributed by atoms with E-state index >= 15 is 0 Å². The van der Waals surface area contributed by atoms with Crippen LogP contribution in [0.2, 0.25) is 0 Å². The molecule has 1 saturated carbocycles. The molecule has 0 N–H and O–H groups in total. The maximum absolute atomic E-state index is 12.7. The summed E-state index contributed by atoms with van der Waals surface area (Å²) in [6.07, 6.45) is 3.29. The predicted octanol–water partition coefficient (Wildman–Crippen LogP) is 2.75. The lowest BCUT2D eigenvalue weighted by atomic mass is 10.0. The molecule has 27 heavy (non-hydrogen) atoms. The molecule has 2 fully saturated rings. The van der Waals surface area contributed by atoms with E-state index in [9.17, 15) is 9.59 Å². The van der Waals surface area contributed by atoms with Crippen molar-refractivity contribution < 1.29 is 9.53 Å². The number of rotatable bonds is 5. The zero-order chi connectivity index (χ0) is 18.8. The molecule has 0 spiro atoms. The molecule has 2 aromatic rings. The van der Waals surface area contributed by atoms with E-state index in [-0.39, 0.29) is 17.5 Å². The van der Waals surface area contributed by atoms with Crippen molar-refractivity contribution in [2.45, 2.75) is 50.7 Å². The van der Waals surface area contributed by atoms with Crippen molar-refractivity contribution >= 4 is 5.91 Å². The first-order valence-corrected chi connectivity index (χ1v) is 9.72. The summed E-state index contributed by atoms with van der Waals surface area (Å²) in [4.78, 5) is 26.8. The molecule has 1 aliphatic heterocycles. The number of hydrogen-bond donors (Lipinski definition) is 0. The molecule has 1 aromatic heterocycles. The number of carbonyl (C=O) groups is 1. The summed E-state index contributed by atoms with van der Waals surface area (Å²) in [6.45, 7) is 3.02. The van der Waals surface area contributed by atoms with Crippen LogP contribution in [-0.4, -0.2) is 39.8 Å². The highest BCUT2D eigenvalue weighted by Gasteiger charge is 2.30. The Kier molecular flexibility index (Phi) is 4.97. The first-order chi connectivity index (χ1) is 13.1. The number of aromatic nitrogens is 2. The van der Waals surface area contributed by atoms with Gasteiger partial charge < -0.3 is 9.64 Å². The maximum atomic E-state index is 12.7. The highest BCUT2D eigenvalue weighted by molar-refractivity contribution is 5.81. The van der Waals surface area contributed by atoms with E-state index in [0.29, 0.717) is 24.8 Å². The van der Waals surface area contributed by atoms with Gasteiger partial charge >= 0.3 is 0 Å². The Morgan fingerprint density at radius 1 is 1.07 bits per heavy atom. The molecule has 1 atom stereocenters. The van der Waals surface area contributed by atoms with Gasteiger partial charge in [-0.2, -0.15) is 5.10 Å². The molecular weight excluding hydrogens is 342 g/mol. The fourth-order valence-corrected chi connectivity index (χ4v) is 3.64. The molecule has 2 heterocycles. The molecule has 1 aliphatic carbocycles. The van der Waals surface area contributed by atoms with E-state index in [0.717, 1.165) is 31.4 Å². The molecule has 4 rings (SSSR count). The third-order valence-electron chi connectivity index (χ3n) is 5.37. The fourth-order valence-electron chi connectivity index (χ4n) is 3.64. The summed E-state index contributed by atoms with van der Waals surface area (Å²) >= 11 is 0. The average Bonchev–Trinajstić information content (AvgIpc) is 3.54. The second-order valence-corrected chi connectivity index (χ2v) is 7.44. The molecule has 1 amide bonds. The number of benzene rings is 1. The maximum Gasteiger partial charge on any atom is 0.267 e. The summed E-state index contributed by atoms with van der Waals surface area (Å²) < 4.78 is 7.39. The quantitative estimate of drug-likeness (QED) is 0.815. The lowest BCUT2D eigenvalue weighted by Crippen LogP contribution is -2.46. The summed E-state index contributed by atoms with van der Waals surface area (Å²) in [5.74, 6) is 1.21. The first kappa shape index (κ1) is 17.8. The van der Waals surface area contributed by atoms with Crippen LogP contribution in [0.5, 0.6) is 5.75 Å². The molecule has 1 aromatic carbocycles. The van der Waals surface area contributed by atoms with Gasteiger partial charge in [0.25, 0.3) is 11.5 Å². The zero-order valence-electron chi connectivity index (χ0n) is 15.6. The van der Waals surface area contributed by atoms with Crippen LogP contribution in [0.15, 0.2) is 47.3 Å². The van der Waals surface area contributed by atoms with Crippen LogP contribution in [0.25, 0.3) is 0 Å². The van der Waals surface area contributed by atoms with Gasteiger partial charge in [0.05, 0.1) is 11.7 Å². The van der Waals surface area contributed by atoms with Gasteiger partial charge in [-0.3, -0.25) is 9.59 Å². The minimum Gasteiger partial charge on any atom is -0.481 e. The SMILES string of the molecule is CC(Oc1ccccc1)C(=O)N1CCC(n2nc(C3CC3)ccc2=O)CC1. The van der Waals surface area contributed by atoms with Crippen molar-refractivity contribution in [2.24, 2.45) is 0 Å². The van der Waals surface area contributed by atoms with E-state index in [1.165, 1.54) is 0 Å². The monoisotopic (exact) mass is 367 g/mol. The van der Waals surface area contributed by atoms with Crippen molar-refractivity contribution in [3.63, 3.8) is 0 Å². The first-order valence-electron chi connectivity index (χ1n) is 9.72. The summed E-state index contributed by atoms with van der Waals surface area (Å²) in [6, 6.07) is 12.9. The largest absolute Gasteiger partial charge is 0.481 e. The van der Waals surface area contributed by atoms with Gasteiger partial charge in [-0.05, 0) is 50.8 Å². The standard InChI is InChI=1S/C21H25N3O3/c1-15(27-18-5-3-2-4-6-18)21(26)23-13-11-17(12-14-23)24-20(25)10-9-19(22-24)16-7-8-16/h2-6,9-10,15-17H,7-8,11-14H2,1H3. The van der Waals surface area contributed by atoms with Gasteiger partial charge in [0, 0.05) is 25.1 Å². The molecule has 142 valence electrons. The van der Waals surface area contributed by atoms with Crippen molar-refractivity contribution in [2.75, 3.05) is 13.1 Å². The summed E-state index contributed by atoms with van der Waals surface area (Å²) in [7, 11) is 0. The minimum absolute atomic E-state index is 0.00987. The predicted molar refractivity (Wildman–Crippen MR) is 102 cm³/mol. The molecule has 6 heteroatoms. The Morgan fingerprint density at radius 2 is 1.78 bits per heavy atom. The molecule has 1 saturated heterocycles. The highest BCUT2D eigenvalue weighted by atomic mass is 16.5. The number of piperidine rings is 1. The van der Waals surface area contributed by atoms with E-state index in [1.807, 2.05) is 41.3 Å². The van der Waals surface area contributed by atoms with Gasteiger partial charge in [-0.15, -0.1) is 0 Å². The van der Waals surface area contributed by atoms with Crippen LogP contribution in [0, 0.1) is 0 Å². The number of nitrogens with zero attached hydrogens (tertiary/aromatic N) is 3. The minimum atomic E-state index is -0.525. The van der Waals surface area contributed by atoms with Crippen molar-refractivity contribution in [3.8, 4) is 5.75 Å². The fraction of sp³-hybridized carbons (Fsp3) is 0.476. The third-order valence-corrected chi connectivity index (χ3v) is 5.37. The van der Waals surface area contributed by atoms with Crippen LogP contribution in [-0.2, 0) is 4.79 Å². The number of likely N-dealkylation sites (tertiary alicyclic amines) is 1. The van der Waals surface area contributed by atoms with E-state index in [1.54, 1.807) is 17.7 Å². The van der Waals surface area contributed by atoms with Crippen LogP contribution in [0.4, 0.5) is 0 Å². The van der Waals surface area contributed by atoms with Crippen LogP contribution >= 0.6 is 0 Å². The highest BCUT2D eigenvalue weighted by Crippen LogP contribution is 2.38. The van der Waals surface area contributed by atoms with Crippen LogP contribution < -0.4 is 10.3 Å². The van der Waals surface area contributed by atoms with Crippen LogP contribution in [0.1, 0.15) is 50.3 Å². The molecule has 0 bridgehead atoms. The lowest BCUT2D eigenvalue weighted by Gasteiger charge is -2.33. The van der Waals surface area contributed by atoms with E-state index in [2.05, 4.69) is 5.10 Å². The average molecular weight is 367 g/mol. The summed E-state index contributed by atoms with van der Waals surface area (Å²) in [5.41, 5.74) is 0.975. The number of carbonyl (C=O) groups excluding carboxylic acids is 1. The third kappa shape index (κ3) is 4.04. The number of para-hydroxylation sites is 1. The Bertz CT molecular complexity index is 852. The number of ether oxygens (including phenoxy) is 1. The topological polar surface area (TPSA) is 64.4 Å². The smallest absolute Gasteiger partial charge is 0.267 e. The second kappa shape index (κ2) is 7.55. The van der Waals surface area contributed by atoms with E-state index < -0.39 is 6.10 Å². The lowest BCUT2D eigenvalue weighted by molar-refractivity contribution is -0.139. The van der Waals surface area contributed by atoms with Gasteiger partial charge in [-0.25, -0.2) is 4.68 Å². The Labute approximate surface area is 158 Å². The zero-order valence-corrected chi connectivity index (χ0v) is 15.6. The van der Waals surface area contributed by atoms with Gasteiger partial charge in [0.1, 0.15) is 5.75 Å².